The zero-order chi connectivity index (χ0) is 9.10. The molecule has 2 aromatic rings. The molecule has 1 aromatic heterocycles. The van der Waals surface area contributed by atoms with Crippen molar-refractivity contribution in [3.05, 3.63) is 48.4 Å². The number of furan rings is 1. The number of halogens is 1. The molecule has 1 nitrogen and oxygen atoms in total. The molecule has 0 saturated carbocycles. The lowest BCUT2D eigenvalue weighted by Crippen LogP contribution is -1.82. The first-order chi connectivity index (χ1) is 6.42. The summed E-state index contributed by atoms with van der Waals surface area (Å²) in [6.07, 6.45) is 3.49. The molecule has 2 heteroatoms. The molecule has 0 amide bonds. The predicted molar refractivity (Wildman–Crippen MR) is 61.9 cm³/mol. The highest BCUT2D eigenvalue weighted by Gasteiger charge is 2.03. The van der Waals surface area contributed by atoms with Crippen molar-refractivity contribution in [1.29, 1.82) is 0 Å². The number of hydrogen-bond acceptors (Lipinski definition) is 1. The molecule has 0 fully saturated rings. The van der Waals surface area contributed by atoms with Gasteiger partial charge in [-0.3, -0.25) is 0 Å². The summed E-state index contributed by atoms with van der Waals surface area (Å²) in [6, 6.07) is 10.4. The third kappa shape index (κ3) is 1.77. The molecule has 0 atom stereocenters. The van der Waals surface area contributed by atoms with Crippen LogP contribution in [0.4, 0.5) is 0 Å². The van der Waals surface area contributed by atoms with Crippen LogP contribution in [0.5, 0.6) is 0 Å². The van der Waals surface area contributed by atoms with Crippen LogP contribution in [0.3, 0.4) is 0 Å². The highest BCUT2D eigenvalue weighted by molar-refractivity contribution is 14.1. The largest absolute Gasteiger partial charge is 0.472 e. The molecule has 0 aliphatic heterocycles. The molecule has 1 heterocycles. The Bertz CT molecular complexity index is 379. The van der Waals surface area contributed by atoms with Crippen molar-refractivity contribution in [2.24, 2.45) is 0 Å². The van der Waals surface area contributed by atoms with Gasteiger partial charge in [0.05, 0.1) is 12.5 Å². The van der Waals surface area contributed by atoms with Gasteiger partial charge in [0, 0.05) is 9.99 Å². The lowest BCUT2D eigenvalue weighted by atomic mass is 10.0. The number of benzene rings is 1. The predicted octanol–water partition coefficient (Wildman–Crippen LogP) is 3.88. The van der Waals surface area contributed by atoms with Gasteiger partial charge in [-0.25, -0.2) is 0 Å². The Labute approximate surface area is 90.9 Å². The van der Waals surface area contributed by atoms with E-state index in [-0.39, 0.29) is 0 Å². The minimum Gasteiger partial charge on any atom is -0.472 e. The number of alkyl halides is 1. The van der Waals surface area contributed by atoms with Crippen LogP contribution in [-0.2, 0) is 4.43 Å². The molecular formula is C11H9IO. The van der Waals surface area contributed by atoms with Gasteiger partial charge in [-0.05, 0) is 17.2 Å². The van der Waals surface area contributed by atoms with Gasteiger partial charge in [0.2, 0.25) is 0 Å². The lowest BCUT2D eigenvalue weighted by molar-refractivity contribution is 0.568. The molecule has 0 aliphatic carbocycles. The van der Waals surface area contributed by atoms with Gasteiger partial charge >= 0.3 is 0 Å². The average Bonchev–Trinajstić information content (AvgIpc) is 2.70. The molecule has 0 bridgehead atoms. The fourth-order valence-corrected chi connectivity index (χ4v) is 2.00. The van der Waals surface area contributed by atoms with Gasteiger partial charge in [-0.2, -0.15) is 0 Å². The lowest BCUT2D eigenvalue weighted by Gasteiger charge is -2.02. The van der Waals surface area contributed by atoms with Crippen LogP contribution in [0.25, 0.3) is 11.1 Å². The molecule has 0 N–H and O–H groups in total. The first-order valence-electron chi connectivity index (χ1n) is 4.08. The Balaban J connectivity index is 2.51. The minimum atomic E-state index is 1.03. The number of hydrogen-bond donors (Lipinski definition) is 0. The fourth-order valence-electron chi connectivity index (χ4n) is 1.34. The third-order valence-corrected chi connectivity index (χ3v) is 2.82. The van der Waals surface area contributed by atoms with E-state index in [0.717, 1.165) is 9.99 Å². The zero-order valence-electron chi connectivity index (χ0n) is 7.03. The zero-order valence-corrected chi connectivity index (χ0v) is 9.19. The van der Waals surface area contributed by atoms with Gasteiger partial charge in [0.25, 0.3) is 0 Å². The summed E-state index contributed by atoms with van der Waals surface area (Å²) in [5, 5.41) is 0. The van der Waals surface area contributed by atoms with E-state index in [4.69, 9.17) is 4.42 Å². The average molecular weight is 284 g/mol. The standard InChI is InChI=1S/C11H9IO/c12-7-9-3-1-2-4-11(9)10-5-6-13-8-10/h1-6,8H,7H2. The van der Waals surface area contributed by atoms with E-state index in [1.807, 2.05) is 6.07 Å². The van der Waals surface area contributed by atoms with Gasteiger partial charge in [-0.15, -0.1) is 0 Å². The second-order valence-corrected chi connectivity index (χ2v) is 3.57. The van der Waals surface area contributed by atoms with E-state index in [1.54, 1.807) is 12.5 Å². The molecule has 0 spiro atoms. The maximum absolute atomic E-state index is 5.07. The van der Waals surface area contributed by atoms with E-state index in [1.165, 1.54) is 11.1 Å². The van der Waals surface area contributed by atoms with E-state index in [2.05, 4.69) is 46.9 Å². The van der Waals surface area contributed by atoms with Gasteiger partial charge in [0.1, 0.15) is 0 Å². The Morgan fingerprint density at radius 1 is 1.15 bits per heavy atom. The first kappa shape index (κ1) is 8.81. The van der Waals surface area contributed by atoms with Crippen LogP contribution in [-0.4, -0.2) is 0 Å². The topological polar surface area (TPSA) is 13.1 Å². The summed E-state index contributed by atoms with van der Waals surface area (Å²) in [5.41, 5.74) is 3.78. The highest BCUT2D eigenvalue weighted by atomic mass is 127. The molecule has 0 saturated heterocycles. The monoisotopic (exact) mass is 284 g/mol. The van der Waals surface area contributed by atoms with Crippen molar-refractivity contribution in [1.82, 2.24) is 0 Å². The van der Waals surface area contributed by atoms with E-state index in [0.29, 0.717) is 0 Å². The van der Waals surface area contributed by atoms with Gasteiger partial charge < -0.3 is 4.42 Å². The van der Waals surface area contributed by atoms with E-state index < -0.39 is 0 Å². The highest BCUT2D eigenvalue weighted by Crippen LogP contribution is 2.25. The van der Waals surface area contributed by atoms with Crippen molar-refractivity contribution in [2.75, 3.05) is 0 Å². The Morgan fingerprint density at radius 3 is 2.69 bits per heavy atom. The second kappa shape index (κ2) is 3.96. The van der Waals surface area contributed by atoms with Crippen molar-refractivity contribution >= 4 is 22.6 Å². The molecule has 13 heavy (non-hydrogen) atoms. The molecule has 2 rings (SSSR count). The Morgan fingerprint density at radius 2 is 2.00 bits per heavy atom. The molecule has 0 unspecified atom stereocenters. The smallest absolute Gasteiger partial charge is 0.0981 e. The summed E-state index contributed by atoms with van der Waals surface area (Å²) >= 11 is 2.37. The van der Waals surface area contributed by atoms with Crippen molar-refractivity contribution in [3.63, 3.8) is 0 Å². The quantitative estimate of drug-likeness (QED) is 0.602. The van der Waals surface area contributed by atoms with E-state index >= 15 is 0 Å². The molecular weight excluding hydrogens is 275 g/mol. The van der Waals surface area contributed by atoms with E-state index in [9.17, 15) is 0 Å². The molecule has 0 radical (unpaired) electrons. The molecule has 0 aliphatic rings. The van der Waals surface area contributed by atoms with Crippen LogP contribution in [0.2, 0.25) is 0 Å². The summed E-state index contributed by atoms with van der Waals surface area (Å²) in [5.74, 6) is 0. The van der Waals surface area contributed by atoms with Gasteiger partial charge in [0.15, 0.2) is 0 Å². The summed E-state index contributed by atoms with van der Waals surface area (Å²) in [7, 11) is 0. The summed E-state index contributed by atoms with van der Waals surface area (Å²) < 4.78 is 6.09. The van der Waals surface area contributed by atoms with Gasteiger partial charge in [-0.1, -0.05) is 46.9 Å². The van der Waals surface area contributed by atoms with Crippen molar-refractivity contribution in [3.8, 4) is 11.1 Å². The van der Waals surface area contributed by atoms with Crippen LogP contribution in [0, 0.1) is 0 Å². The SMILES string of the molecule is ICc1ccccc1-c1ccoc1. The van der Waals surface area contributed by atoms with Crippen LogP contribution >= 0.6 is 22.6 Å². The summed E-state index contributed by atoms with van der Waals surface area (Å²) in [4.78, 5) is 0. The van der Waals surface area contributed by atoms with Crippen LogP contribution in [0.15, 0.2) is 47.3 Å². The van der Waals surface area contributed by atoms with Crippen LogP contribution in [0.1, 0.15) is 5.56 Å². The minimum absolute atomic E-state index is 1.03. The fraction of sp³-hybridized carbons (Fsp3) is 0.0909. The second-order valence-electron chi connectivity index (χ2n) is 2.80. The van der Waals surface area contributed by atoms with Crippen molar-refractivity contribution < 1.29 is 4.42 Å². The number of rotatable bonds is 2. The van der Waals surface area contributed by atoms with Crippen LogP contribution < -0.4 is 0 Å². The van der Waals surface area contributed by atoms with Crippen molar-refractivity contribution in [2.45, 2.75) is 4.43 Å². The maximum Gasteiger partial charge on any atom is 0.0981 e. The molecule has 66 valence electrons. The normalized spacial score (nSPS) is 10.2. The third-order valence-electron chi connectivity index (χ3n) is 1.99. The summed E-state index contributed by atoms with van der Waals surface area (Å²) in [6.45, 7) is 0. The Hall–Kier alpha value is -0.770. The molecule has 1 aromatic carbocycles. The first-order valence-corrected chi connectivity index (χ1v) is 5.61. The Kier molecular flexibility index (Phi) is 2.68. The maximum atomic E-state index is 5.07.